The summed E-state index contributed by atoms with van der Waals surface area (Å²) in [5.74, 6) is 1.52. The molecule has 4 aromatic rings. The molecule has 0 spiro atoms. The van der Waals surface area contributed by atoms with E-state index >= 15 is 0 Å². The van der Waals surface area contributed by atoms with Crippen LogP contribution in [-0.4, -0.2) is 25.1 Å². The van der Waals surface area contributed by atoms with E-state index in [1.807, 2.05) is 18.2 Å². The Balaban J connectivity index is 1.63. The van der Waals surface area contributed by atoms with Crippen LogP contribution in [0.4, 0.5) is 5.69 Å². The summed E-state index contributed by atoms with van der Waals surface area (Å²) in [4.78, 5) is 17.4. The zero-order chi connectivity index (χ0) is 22.8. The number of ether oxygens (including phenoxy) is 2. The average molecular weight is 451 g/mol. The summed E-state index contributed by atoms with van der Waals surface area (Å²) in [5, 5.41) is 3.36. The zero-order valence-corrected chi connectivity index (χ0v) is 19.0. The van der Waals surface area contributed by atoms with Gasteiger partial charge in [0.2, 0.25) is 5.89 Å². The zero-order valence-electron chi connectivity index (χ0n) is 18.2. The highest BCUT2D eigenvalue weighted by molar-refractivity contribution is 6.33. The van der Waals surface area contributed by atoms with Crippen molar-refractivity contribution >= 4 is 34.3 Å². The predicted molar refractivity (Wildman–Crippen MR) is 126 cm³/mol. The van der Waals surface area contributed by atoms with Crippen LogP contribution < -0.4 is 14.8 Å². The van der Waals surface area contributed by atoms with E-state index in [1.165, 1.54) is 12.7 Å². The molecule has 1 heterocycles. The molecular formula is C25H23ClN2O4. The number of hydrogen-bond donors (Lipinski definition) is 1. The Labute approximate surface area is 191 Å². The van der Waals surface area contributed by atoms with Gasteiger partial charge in [0.25, 0.3) is 5.91 Å². The van der Waals surface area contributed by atoms with Crippen LogP contribution in [0.25, 0.3) is 22.6 Å². The predicted octanol–water partition coefficient (Wildman–Crippen LogP) is 6.54. The number of nitrogens with one attached hydrogen (secondary N) is 1. The van der Waals surface area contributed by atoms with Gasteiger partial charge in [-0.3, -0.25) is 4.79 Å². The molecule has 0 radical (unpaired) electrons. The van der Waals surface area contributed by atoms with Crippen LogP contribution in [0.15, 0.2) is 59.0 Å². The van der Waals surface area contributed by atoms with Crippen LogP contribution in [0.5, 0.6) is 11.5 Å². The molecule has 1 amide bonds. The molecule has 4 rings (SSSR count). The Morgan fingerprint density at radius 3 is 2.50 bits per heavy atom. The maximum atomic E-state index is 12.8. The highest BCUT2D eigenvalue weighted by atomic mass is 35.5. The minimum absolute atomic E-state index is 0.293. The SMILES string of the molecule is COc1ccc(C(=O)Nc2ccc(Cl)c(-c3nc4cc(C(C)C)ccc4o3)c2)cc1OC. The van der Waals surface area contributed by atoms with Gasteiger partial charge in [-0.15, -0.1) is 0 Å². The molecule has 0 saturated carbocycles. The summed E-state index contributed by atoms with van der Waals surface area (Å²) in [5.41, 5.74) is 4.22. The number of carbonyl (C=O) groups is 1. The third-order valence-corrected chi connectivity index (χ3v) is 5.51. The Hall–Kier alpha value is -3.51. The molecule has 0 fully saturated rings. The average Bonchev–Trinajstić information content (AvgIpc) is 3.22. The first-order chi connectivity index (χ1) is 15.4. The molecule has 0 aliphatic rings. The fourth-order valence-corrected chi connectivity index (χ4v) is 3.56. The highest BCUT2D eigenvalue weighted by Crippen LogP contribution is 2.33. The Morgan fingerprint density at radius 2 is 1.78 bits per heavy atom. The molecule has 1 N–H and O–H groups in total. The molecule has 0 aliphatic carbocycles. The van der Waals surface area contributed by atoms with E-state index in [-0.39, 0.29) is 5.91 Å². The minimum atomic E-state index is -0.293. The quantitative estimate of drug-likeness (QED) is 0.361. The van der Waals surface area contributed by atoms with Crippen LogP contribution in [-0.2, 0) is 0 Å². The topological polar surface area (TPSA) is 73.6 Å². The molecule has 0 atom stereocenters. The first-order valence-electron chi connectivity index (χ1n) is 10.1. The second-order valence-corrected chi connectivity index (χ2v) is 8.03. The molecular weight excluding hydrogens is 428 g/mol. The molecule has 7 heteroatoms. The van der Waals surface area contributed by atoms with E-state index in [4.69, 9.17) is 25.5 Å². The summed E-state index contributed by atoms with van der Waals surface area (Å²) in [6, 6.07) is 16.1. The third kappa shape index (κ3) is 4.27. The number of methoxy groups -OCH3 is 2. The van der Waals surface area contributed by atoms with Crippen molar-refractivity contribution in [1.82, 2.24) is 4.98 Å². The number of benzene rings is 3. The fourth-order valence-electron chi connectivity index (χ4n) is 3.37. The van der Waals surface area contributed by atoms with Gasteiger partial charge in [0.1, 0.15) is 5.52 Å². The molecule has 0 bridgehead atoms. The normalized spacial score (nSPS) is 11.1. The summed E-state index contributed by atoms with van der Waals surface area (Å²) < 4.78 is 16.4. The summed E-state index contributed by atoms with van der Waals surface area (Å²) in [7, 11) is 3.07. The van der Waals surface area contributed by atoms with Gasteiger partial charge in [0.05, 0.1) is 24.8 Å². The van der Waals surface area contributed by atoms with Crippen LogP contribution in [0.2, 0.25) is 5.02 Å². The molecule has 0 aliphatic heterocycles. The number of anilines is 1. The maximum Gasteiger partial charge on any atom is 0.255 e. The lowest BCUT2D eigenvalue weighted by molar-refractivity contribution is 0.102. The lowest BCUT2D eigenvalue weighted by Crippen LogP contribution is -2.12. The Kier molecular flexibility index (Phi) is 6.06. The van der Waals surface area contributed by atoms with E-state index in [1.54, 1.807) is 43.5 Å². The number of rotatable bonds is 6. The number of aromatic nitrogens is 1. The maximum absolute atomic E-state index is 12.8. The first kappa shape index (κ1) is 21.7. The minimum Gasteiger partial charge on any atom is -0.493 e. The van der Waals surface area contributed by atoms with Crippen molar-refractivity contribution in [3.05, 3.63) is 70.7 Å². The molecule has 0 saturated heterocycles. The highest BCUT2D eigenvalue weighted by Gasteiger charge is 2.16. The molecule has 164 valence electrons. The first-order valence-corrected chi connectivity index (χ1v) is 10.5. The van der Waals surface area contributed by atoms with Crippen molar-refractivity contribution in [1.29, 1.82) is 0 Å². The number of halogens is 1. The summed E-state index contributed by atoms with van der Waals surface area (Å²) in [6.07, 6.45) is 0. The van der Waals surface area contributed by atoms with Gasteiger partial charge < -0.3 is 19.2 Å². The van der Waals surface area contributed by atoms with E-state index in [2.05, 4.69) is 24.1 Å². The van der Waals surface area contributed by atoms with Gasteiger partial charge in [0.15, 0.2) is 17.1 Å². The van der Waals surface area contributed by atoms with Crippen molar-refractivity contribution in [3.63, 3.8) is 0 Å². The molecule has 32 heavy (non-hydrogen) atoms. The standard InChI is InChI=1S/C25H23ClN2O4/c1-14(2)15-5-9-21-20(11-15)28-25(32-21)18-13-17(7-8-19(18)26)27-24(29)16-6-10-22(30-3)23(12-16)31-4/h5-14H,1-4H3,(H,27,29). The van der Waals surface area contributed by atoms with Gasteiger partial charge in [-0.1, -0.05) is 31.5 Å². The van der Waals surface area contributed by atoms with Crippen molar-refractivity contribution in [2.24, 2.45) is 0 Å². The van der Waals surface area contributed by atoms with Crippen LogP contribution in [0.3, 0.4) is 0 Å². The van der Waals surface area contributed by atoms with E-state index in [9.17, 15) is 4.79 Å². The van der Waals surface area contributed by atoms with Gasteiger partial charge in [-0.25, -0.2) is 4.98 Å². The van der Waals surface area contributed by atoms with Crippen LogP contribution in [0.1, 0.15) is 35.7 Å². The number of fused-ring (bicyclic) bond motifs is 1. The third-order valence-electron chi connectivity index (χ3n) is 5.18. The van der Waals surface area contributed by atoms with Crippen molar-refractivity contribution in [2.45, 2.75) is 19.8 Å². The molecule has 3 aromatic carbocycles. The van der Waals surface area contributed by atoms with Crippen molar-refractivity contribution in [3.8, 4) is 23.0 Å². The van der Waals surface area contributed by atoms with E-state index in [0.717, 1.165) is 5.52 Å². The second kappa shape index (κ2) is 8.93. The van der Waals surface area contributed by atoms with Crippen LogP contribution in [0, 0.1) is 0 Å². The largest absolute Gasteiger partial charge is 0.493 e. The number of oxazole rings is 1. The van der Waals surface area contributed by atoms with Gasteiger partial charge in [0, 0.05) is 11.3 Å². The second-order valence-electron chi connectivity index (χ2n) is 7.62. The molecule has 6 nitrogen and oxygen atoms in total. The van der Waals surface area contributed by atoms with Gasteiger partial charge >= 0.3 is 0 Å². The van der Waals surface area contributed by atoms with E-state index < -0.39 is 0 Å². The summed E-state index contributed by atoms with van der Waals surface area (Å²) >= 11 is 6.42. The smallest absolute Gasteiger partial charge is 0.255 e. The van der Waals surface area contributed by atoms with Crippen LogP contribution >= 0.6 is 11.6 Å². The van der Waals surface area contributed by atoms with Crippen molar-refractivity contribution < 1.29 is 18.7 Å². The lowest BCUT2D eigenvalue weighted by Gasteiger charge is -2.11. The van der Waals surface area contributed by atoms with Crippen molar-refractivity contribution in [2.75, 3.05) is 19.5 Å². The summed E-state index contributed by atoms with van der Waals surface area (Å²) in [6.45, 7) is 4.26. The number of carbonyl (C=O) groups excluding carboxylic acids is 1. The molecule has 1 aromatic heterocycles. The number of hydrogen-bond acceptors (Lipinski definition) is 5. The number of nitrogens with zero attached hydrogens (tertiary/aromatic N) is 1. The number of amides is 1. The van der Waals surface area contributed by atoms with Gasteiger partial charge in [-0.2, -0.15) is 0 Å². The van der Waals surface area contributed by atoms with E-state index in [0.29, 0.717) is 50.7 Å². The fraction of sp³-hybridized carbons (Fsp3) is 0.200. The molecule has 0 unspecified atom stereocenters. The van der Waals surface area contributed by atoms with Gasteiger partial charge in [-0.05, 0) is 60.0 Å². The lowest BCUT2D eigenvalue weighted by atomic mass is 10.0. The Morgan fingerprint density at radius 1 is 1.00 bits per heavy atom. The monoisotopic (exact) mass is 450 g/mol. The Bertz CT molecular complexity index is 1300.